The average Bonchev–Trinajstić information content (AvgIpc) is 2.77. The molecule has 0 saturated carbocycles. The molecule has 5 nitrogen and oxygen atoms in total. The number of hydrogen-bond donors (Lipinski definition) is 2. The number of nitrogens with one attached hydrogen (secondary N) is 2. The summed E-state index contributed by atoms with van der Waals surface area (Å²) in [5.41, 5.74) is 2.17. The Balaban J connectivity index is 1.83. The number of benzene rings is 2. The first-order chi connectivity index (χ1) is 10.5. The Bertz CT molecular complexity index is 894. The number of rotatable bonds is 3. The molecule has 6 heteroatoms. The SMILES string of the molecule is Cc1ccc(NC(=O)Cn2c(=O)[nH]c3cc(F)ccc32)cc1. The van der Waals surface area contributed by atoms with E-state index in [0.717, 1.165) is 5.56 Å². The van der Waals surface area contributed by atoms with Crippen molar-refractivity contribution in [2.75, 3.05) is 5.32 Å². The van der Waals surface area contributed by atoms with E-state index in [-0.39, 0.29) is 12.5 Å². The summed E-state index contributed by atoms with van der Waals surface area (Å²) in [6, 6.07) is 11.3. The highest BCUT2D eigenvalue weighted by Gasteiger charge is 2.11. The van der Waals surface area contributed by atoms with Gasteiger partial charge in [0.15, 0.2) is 0 Å². The maximum absolute atomic E-state index is 13.1. The molecule has 22 heavy (non-hydrogen) atoms. The van der Waals surface area contributed by atoms with Gasteiger partial charge in [-0.3, -0.25) is 9.36 Å². The third-order valence-electron chi connectivity index (χ3n) is 3.37. The molecule has 1 heterocycles. The number of hydrogen-bond acceptors (Lipinski definition) is 2. The number of carbonyl (C=O) groups excluding carboxylic acids is 1. The summed E-state index contributed by atoms with van der Waals surface area (Å²) in [7, 11) is 0. The van der Waals surface area contributed by atoms with Gasteiger partial charge in [-0.25, -0.2) is 9.18 Å². The van der Waals surface area contributed by atoms with E-state index in [0.29, 0.717) is 16.7 Å². The van der Waals surface area contributed by atoms with Crippen LogP contribution in [0, 0.1) is 12.7 Å². The molecule has 0 radical (unpaired) electrons. The molecule has 2 aromatic carbocycles. The zero-order valence-corrected chi connectivity index (χ0v) is 11.9. The number of aryl methyl sites for hydroxylation is 1. The van der Waals surface area contributed by atoms with Gasteiger partial charge in [0.2, 0.25) is 5.91 Å². The zero-order valence-electron chi connectivity index (χ0n) is 11.9. The second-order valence-electron chi connectivity index (χ2n) is 5.09. The molecular formula is C16H14FN3O2. The van der Waals surface area contributed by atoms with Gasteiger partial charge >= 0.3 is 5.69 Å². The van der Waals surface area contributed by atoms with Crippen LogP contribution < -0.4 is 11.0 Å². The highest BCUT2D eigenvalue weighted by molar-refractivity contribution is 5.91. The molecule has 0 atom stereocenters. The van der Waals surface area contributed by atoms with Crippen LogP contribution in [0.4, 0.5) is 10.1 Å². The van der Waals surface area contributed by atoms with Gasteiger partial charge in [0.05, 0.1) is 11.0 Å². The predicted molar refractivity (Wildman–Crippen MR) is 82.3 cm³/mol. The van der Waals surface area contributed by atoms with Gasteiger partial charge in [0, 0.05) is 5.69 Å². The molecule has 1 aromatic heterocycles. The van der Waals surface area contributed by atoms with E-state index >= 15 is 0 Å². The van der Waals surface area contributed by atoms with Gasteiger partial charge in [-0.2, -0.15) is 0 Å². The van der Waals surface area contributed by atoms with E-state index in [1.807, 2.05) is 19.1 Å². The van der Waals surface area contributed by atoms with Crippen LogP contribution in [0.3, 0.4) is 0 Å². The lowest BCUT2D eigenvalue weighted by molar-refractivity contribution is -0.116. The van der Waals surface area contributed by atoms with Crippen LogP contribution in [0.1, 0.15) is 5.56 Å². The van der Waals surface area contributed by atoms with E-state index in [4.69, 9.17) is 0 Å². The molecule has 0 fully saturated rings. The van der Waals surface area contributed by atoms with E-state index in [9.17, 15) is 14.0 Å². The van der Waals surface area contributed by atoms with Crippen LogP contribution in [0.5, 0.6) is 0 Å². The van der Waals surface area contributed by atoms with Crippen molar-refractivity contribution < 1.29 is 9.18 Å². The largest absolute Gasteiger partial charge is 0.326 e. The summed E-state index contributed by atoms with van der Waals surface area (Å²) in [5, 5.41) is 2.72. The lowest BCUT2D eigenvalue weighted by Gasteiger charge is -2.06. The first-order valence-corrected chi connectivity index (χ1v) is 6.77. The number of halogens is 1. The number of aromatic nitrogens is 2. The van der Waals surface area contributed by atoms with Crippen molar-refractivity contribution in [2.24, 2.45) is 0 Å². The monoisotopic (exact) mass is 299 g/mol. The molecule has 112 valence electrons. The molecule has 0 unspecified atom stereocenters. The molecule has 3 aromatic rings. The molecule has 0 saturated heterocycles. The molecule has 0 spiro atoms. The second-order valence-corrected chi connectivity index (χ2v) is 5.09. The highest BCUT2D eigenvalue weighted by Crippen LogP contribution is 2.12. The Morgan fingerprint density at radius 3 is 2.68 bits per heavy atom. The predicted octanol–water partition coefficient (Wildman–Crippen LogP) is 2.42. The first-order valence-electron chi connectivity index (χ1n) is 6.77. The minimum atomic E-state index is -0.445. The minimum Gasteiger partial charge on any atom is -0.325 e. The van der Waals surface area contributed by atoms with E-state index < -0.39 is 11.5 Å². The van der Waals surface area contributed by atoms with Crippen molar-refractivity contribution in [2.45, 2.75) is 13.5 Å². The Hall–Kier alpha value is -2.89. The topological polar surface area (TPSA) is 66.9 Å². The van der Waals surface area contributed by atoms with E-state index in [1.165, 1.54) is 22.8 Å². The molecular weight excluding hydrogens is 285 g/mol. The number of anilines is 1. The van der Waals surface area contributed by atoms with Gasteiger partial charge in [-0.15, -0.1) is 0 Å². The summed E-state index contributed by atoms with van der Waals surface area (Å²) < 4.78 is 14.4. The molecule has 0 aliphatic carbocycles. The van der Waals surface area contributed by atoms with Gasteiger partial charge in [-0.1, -0.05) is 17.7 Å². The maximum Gasteiger partial charge on any atom is 0.326 e. The standard InChI is InChI=1S/C16H14FN3O2/c1-10-2-5-12(6-3-10)18-15(21)9-20-14-7-4-11(17)8-13(14)19-16(20)22/h2-8H,9H2,1H3,(H,18,21)(H,19,22). The van der Waals surface area contributed by atoms with Crippen LogP contribution in [-0.2, 0) is 11.3 Å². The maximum atomic E-state index is 13.1. The fraction of sp³-hybridized carbons (Fsp3) is 0.125. The first kappa shape index (κ1) is 14.1. The number of fused-ring (bicyclic) bond motifs is 1. The van der Waals surface area contributed by atoms with Gasteiger partial charge < -0.3 is 10.3 Å². The summed E-state index contributed by atoms with van der Waals surface area (Å²) >= 11 is 0. The highest BCUT2D eigenvalue weighted by atomic mass is 19.1. The average molecular weight is 299 g/mol. The molecule has 1 amide bonds. The quantitative estimate of drug-likeness (QED) is 0.780. The third-order valence-corrected chi connectivity index (χ3v) is 3.37. The van der Waals surface area contributed by atoms with Crippen LogP contribution in [0.15, 0.2) is 47.3 Å². The normalized spacial score (nSPS) is 10.8. The number of amides is 1. The van der Waals surface area contributed by atoms with Gasteiger partial charge in [0.1, 0.15) is 12.4 Å². The van der Waals surface area contributed by atoms with Crippen molar-refractivity contribution in [3.8, 4) is 0 Å². The molecule has 2 N–H and O–H groups in total. The van der Waals surface area contributed by atoms with E-state index in [1.54, 1.807) is 12.1 Å². The Labute approximate surface area is 125 Å². The number of H-pyrrole nitrogens is 1. The number of nitrogens with zero attached hydrogens (tertiary/aromatic N) is 1. The van der Waals surface area contributed by atoms with E-state index in [2.05, 4.69) is 10.3 Å². The van der Waals surface area contributed by atoms with Crippen LogP contribution in [0.2, 0.25) is 0 Å². The van der Waals surface area contributed by atoms with Gasteiger partial charge in [-0.05, 0) is 37.3 Å². The Morgan fingerprint density at radius 2 is 1.95 bits per heavy atom. The summed E-state index contributed by atoms with van der Waals surface area (Å²) in [4.78, 5) is 26.5. The third kappa shape index (κ3) is 2.76. The molecule has 0 aliphatic rings. The lowest BCUT2D eigenvalue weighted by atomic mass is 10.2. The fourth-order valence-corrected chi connectivity index (χ4v) is 2.27. The van der Waals surface area contributed by atoms with Crippen LogP contribution in [0.25, 0.3) is 11.0 Å². The van der Waals surface area contributed by atoms with Crippen molar-refractivity contribution in [3.05, 3.63) is 64.3 Å². The Morgan fingerprint density at radius 1 is 1.23 bits per heavy atom. The van der Waals surface area contributed by atoms with Crippen molar-refractivity contribution in [1.29, 1.82) is 0 Å². The Kier molecular flexibility index (Phi) is 3.50. The van der Waals surface area contributed by atoms with Crippen LogP contribution in [-0.4, -0.2) is 15.5 Å². The number of aromatic amines is 1. The fourth-order valence-electron chi connectivity index (χ4n) is 2.27. The minimum absolute atomic E-state index is 0.141. The second kappa shape index (κ2) is 5.48. The van der Waals surface area contributed by atoms with Gasteiger partial charge in [0.25, 0.3) is 0 Å². The van der Waals surface area contributed by atoms with Crippen molar-refractivity contribution in [3.63, 3.8) is 0 Å². The summed E-state index contributed by atoms with van der Waals surface area (Å²) in [5.74, 6) is -0.763. The smallest absolute Gasteiger partial charge is 0.325 e. The van der Waals surface area contributed by atoms with Crippen LogP contribution >= 0.6 is 0 Å². The molecule has 0 aliphatic heterocycles. The summed E-state index contributed by atoms with van der Waals surface area (Å²) in [6.07, 6.45) is 0. The zero-order chi connectivity index (χ0) is 15.7. The van der Waals surface area contributed by atoms with Crippen molar-refractivity contribution >= 4 is 22.6 Å². The summed E-state index contributed by atoms with van der Waals surface area (Å²) in [6.45, 7) is 1.81. The number of imidazole rings is 1. The molecule has 3 rings (SSSR count). The molecule has 0 bridgehead atoms. The lowest BCUT2D eigenvalue weighted by Crippen LogP contribution is -2.25. The van der Waals surface area contributed by atoms with Crippen molar-refractivity contribution in [1.82, 2.24) is 9.55 Å². The number of carbonyl (C=O) groups is 1.